The van der Waals surface area contributed by atoms with Gasteiger partial charge in [-0.1, -0.05) is 22.9 Å². The lowest BCUT2D eigenvalue weighted by Crippen LogP contribution is -2.49. The van der Waals surface area contributed by atoms with Crippen molar-refractivity contribution < 1.29 is 26.6 Å². The van der Waals surface area contributed by atoms with E-state index in [9.17, 15) is 0 Å². The Morgan fingerprint density at radius 1 is 0.875 bits per heavy atom. The van der Waals surface area contributed by atoms with E-state index in [2.05, 4.69) is 17.1 Å². The lowest BCUT2D eigenvalue weighted by Gasteiger charge is -2.34. The molecule has 1 unspecified atom stereocenters. The van der Waals surface area contributed by atoms with Crippen molar-refractivity contribution in [1.82, 2.24) is 4.98 Å². The van der Waals surface area contributed by atoms with Gasteiger partial charge in [0.25, 0.3) is 0 Å². The minimum Gasteiger partial charge on any atom is -0.377 e. The fourth-order valence-corrected chi connectivity index (χ4v) is 15.5. The summed E-state index contributed by atoms with van der Waals surface area (Å²) in [6, 6.07) is 8.90. The molecule has 0 bridgehead atoms. The van der Waals surface area contributed by atoms with Gasteiger partial charge in [-0.05, 0) is 55.4 Å². The second-order valence-corrected chi connectivity index (χ2v) is 20.1. The van der Waals surface area contributed by atoms with Gasteiger partial charge in [0.2, 0.25) is 0 Å². The number of fused-ring (bicyclic) bond motifs is 1. The number of rotatable bonds is 17. The maximum atomic E-state index is 5.78. The molecule has 0 spiro atoms. The zero-order chi connectivity index (χ0) is 23.5. The molecule has 0 saturated heterocycles. The quantitative estimate of drug-likeness (QED) is 0.123. The van der Waals surface area contributed by atoms with E-state index >= 15 is 0 Å². The van der Waals surface area contributed by atoms with E-state index in [1.54, 1.807) is 84.4 Å². The molecule has 2 aromatic rings. The van der Waals surface area contributed by atoms with Gasteiger partial charge in [-0.25, -0.2) is 4.98 Å². The third-order valence-electron chi connectivity index (χ3n) is 5.09. The van der Waals surface area contributed by atoms with Crippen molar-refractivity contribution >= 4 is 80.4 Å². The molecule has 0 aliphatic heterocycles. The van der Waals surface area contributed by atoms with Gasteiger partial charge in [-0.2, -0.15) is 0 Å². The number of nitrogens with zero attached hydrogens (tertiary/aromatic N) is 1. The highest BCUT2D eigenvalue weighted by molar-refractivity contribution is 9.26. The Labute approximate surface area is 212 Å². The van der Waals surface area contributed by atoms with Crippen molar-refractivity contribution in [1.29, 1.82) is 0 Å². The lowest BCUT2D eigenvalue weighted by molar-refractivity contribution is 0.104. The molecule has 14 heteroatoms. The zero-order valence-electron chi connectivity index (χ0n) is 19.2. The highest BCUT2D eigenvalue weighted by Gasteiger charge is 2.49. The van der Waals surface area contributed by atoms with Crippen molar-refractivity contribution in [2.45, 2.75) is 28.8 Å². The molecule has 7 nitrogen and oxygen atoms in total. The molecule has 0 N–H and O–H groups in total. The SMILES string of the molecule is CO[Si](CCC(CCSSSSc1nc2ccccc2s1)[Si](OC)(OC)OC)(OC)OC. The van der Waals surface area contributed by atoms with Crippen LogP contribution in [0.3, 0.4) is 0 Å². The number of para-hydroxylation sites is 1. The van der Waals surface area contributed by atoms with Crippen LogP contribution in [-0.4, -0.2) is 71.0 Å². The van der Waals surface area contributed by atoms with E-state index in [4.69, 9.17) is 26.6 Å². The maximum absolute atomic E-state index is 5.78. The van der Waals surface area contributed by atoms with Crippen LogP contribution in [-0.2, 0) is 26.6 Å². The Morgan fingerprint density at radius 3 is 2.12 bits per heavy atom. The third kappa shape index (κ3) is 7.86. The molecule has 32 heavy (non-hydrogen) atoms. The van der Waals surface area contributed by atoms with Crippen LogP contribution in [0.2, 0.25) is 11.6 Å². The van der Waals surface area contributed by atoms with Crippen molar-refractivity contribution in [3.8, 4) is 0 Å². The third-order valence-corrected chi connectivity index (χ3v) is 18.8. The summed E-state index contributed by atoms with van der Waals surface area (Å²) in [5.74, 6) is 0.940. The molecular formula is C18H31NO6S5Si2. The molecule has 1 aromatic heterocycles. The Hall–Kier alpha value is 0.704. The zero-order valence-corrected chi connectivity index (χ0v) is 25.2. The smallest absolute Gasteiger partial charge is 0.377 e. The van der Waals surface area contributed by atoms with Gasteiger partial charge < -0.3 is 26.6 Å². The number of hydrogen-bond donors (Lipinski definition) is 0. The highest BCUT2D eigenvalue weighted by atomic mass is 33.7. The molecule has 2 rings (SSSR count). The average Bonchev–Trinajstić information content (AvgIpc) is 3.26. The second kappa shape index (κ2) is 15.0. The molecule has 182 valence electrons. The van der Waals surface area contributed by atoms with Crippen molar-refractivity contribution in [3.05, 3.63) is 24.3 Å². The molecule has 1 aromatic carbocycles. The summed E-state index contributed by atoms with van der Waals surface area (Å²) < 4.78 is 36.4. The number of thiazole rings is 1. The van der Waals surface area contributed by atoms with E-state index in [1.165, 1.54) is 4.70 Å². The van der Waals surface area contributed by atoms with Crippen LogP contribution in [0, 0.1) is 0 Å². The van der Waals surface area contributed by atoms with Crippen LogP contribution in [0.5, 0.6) is 0 Å². The normalized spacial score (nSPS) is 13.7. The van der Waals surface area contributed by atoms with Gasteiger partial charge in [0.15, 0.2) is 4.34 Å². The van der Waals surface area contributed by atoms with Gasteiger partial charge in [-0.15, -0.1) is 11.3 Å². The monoisotopic (exact) mass is 573 g/mol. The Balaban J connectivity index is 1.85. The first kappa shape index (κ1) is 28.9. The fraction of sp³-hybridized carbons (Fsp3) is 0.611. The van der Waals surface area contributed by atoms with E-state index in [0.717, 1.165) is 28.5 Å². The summed E-state index contributed by atoms with van der Waals surface area (Å²) in [7, 11) is 11.4. The van der Waals surface area contributed by atoms with Crippen LogP contribution >= 0.6 is 52.6 Å². The topological polar surface area (TPSA) is 68.3 Å². The van der Waals surface area contributed by atoms with Crippen LogP contribution < -0.4 is 0 Å². The molecule has 0 radical (unpaired) electrons. The second-order valence-electron chi connectivity index (χ2n) is 6.52. The van der Waals surface area contributed by atoms with Gasteiger partial charge in [-0.3, -0.25) is 0 Å². The Morgan fingerprint density at radius 2 is 1.53 bits per heavy atom. The predicted octanol–water partition coefficient (Wildman–Crippen LogP) is 6.24. The summed E-state index contributed by atoms with van der Waals surface area (Å²) >= 11 is 1.73. The van der Waals surface area contributed by atoms with Crippen LogP contribution in [0.4, 0.5) is 0 Å². The number of benzene rings is 1. The van der Waals surface area contributed by atoms with Gasteiger partial charge in [0.05, 0.1) is 10.2 Å². The summed E-state index contributed by atoms with van der Waals surface area (Å²) in [6.07, 6.45) is 1.68. The molecule has 0 fully saturated rings. The Bertz CT molecular complexity index is 747. The first-order chi connectivity index (χ1) is 15.5. The minimum absolute atomic E-state index is 0.116. The minimum atomic E-state index is -2.81. The summed E-state index contributed by atoms with van der Waals surface area (Å²) in [4.78, 5) is 4.66. The fourth-order valence-electron chi connectivity index (χ4n) is 3.33. The molecule has 0 aliphatic rings. The largest absolute Gasteiger partial charge is 0.503 e. The predicted molar refractivity (Wildman–Crippen MR) is 144 cm³/mol. The maximum Gasteiger partial charge on any atom is 0.503 e. The van der Waals surface area contributed by atoms with Crippen LogP contribution in [0.1, 0.15) is 12.8 Å². The van der Waals surface area contributed by atoms with E-state index in [-0.39, 0.29) is 5.54 Å². The number of aromatic nitrogens is 1. The standard InChI is InChI=1S/C18H31NO6S5Si2/c1-20-31(21-2,22-3)14-12-15(32(23-4,24-5)25-6)11-13-26-29-30-28-18-19-16-9-7-8-10-17(16)27-18/h7-10,15H,11-14H2,1-6H3. The first-order valence-corrected chi connectivity index (χ1v) is 19.3. The highest BCUT2D eigenvalue weighted by Crippen LogP contribution is 2.49. The van der Waals surface area contributed by atoms with E-state index in [1.807, 2.05) is 22.9 Å². The summed E-state index contributed by atoms with van der Waals surface area (Å²) in [6.45, 7) is 0. The average molecular weight is 574 g/mol. The molecule has 0 aliphatic carbocycles. The van der Waals surface area contributed by atoms with Gasteiger partial charge in [0, 0.05) is 60.0 Å². The number of hydrogen-bond acceptors (Lipinski definition) is 12. The Kier molecular flexibility index (Phi) is 13.5. The van der Waals surface area contributed by atoms with Crippen LogP contribution in [0.25, 0.3) is 10.2 Å². The van der Waals surface area contributed by atoms with Crippen molar-refractivity contribution in [3.63, 3.8) is 0 Å². The summed E-state index contributed by atoms with van der Waals surface area (Å²) in [5.41, 5.74) is 1.17. The van der Waals surface area contributed by atoms with Gasteiger partial charge in [0.1, 0.15) is 0 Å². The lowest BCUT2D eigenvalue weighted by atomic mass is 10.3. The summed E-state index contributed by atoms with van der Waals surface area (Å²) in [5, 5.41) is 0. The molecule has 0 amide bonds. The molecule has 0 saturated carbocycles. The molecule has 1 atom stereocenters. The van der Waals surface area contributed by atoms with Gasteiger partial charge >= 0.3 is 17.6 Å². The molecular weight excluding hydrogens is 543 g/mol. The van der Waals surface area contributed by atoms with E-state index < -0.39 is 17.6 Å². The molecule has 1 heterocycles. The van der Waals surface area contributed by atoms with Crippen molar-refractivity contribution in [2.75, 3.05) is 48.4 Å². The first-order valence-electron chi connectivity index (χ1n) is 9.81. The van der Waals surface area contributed by atoms with E-state index in [0.29, 0.717) is 6.04 Å². The van der Waals surface area contributed by atoms with Crippen LogP contribution in [0.15, 0.2) is 28.6 Å². The van der Waals surface area contributed by atoms with Crippen molar-refractivity contribution in [2.24, 2.45) is 0 Å².